The summed E-state index contributed by atoms with van der Waals surface area (Å²) < 4.78 is 5.07. The van der Waals surface area contributed by atoms with Crippen molar-refractivity contribution >= 4 is 5.91 Å². The van der Waals surface area contributed by atoms with E-state index < -0.39 is 0 Å². The van der Waals surface area contributed by atoms with Crippen LogP contribution in [0.5, 0.6) is 0 Å². The molecule has 82 valence electrons. The number of aromatic nitrogens is 1. The van der Waals surface area contributed by atoms with Gasteiger partial charge in [0.25, 0.3) is 0 Å². The van der Waals surface area contributed by atoms with Crippen LogP contribution in [0.2, 0.25) is 0 Å². The summed E-state index contributed by atoms with van der Waals surface area (Å²) in [5, 5.41) is 3.80. The first-order chi connectivity index (χ1) is 7.16. The topological polar surface area (TPSA) is 46.3 Å². The third-order valence-corrected chi connectivity index (χ3v) is 2.90. The molecule has 0 aliphatic heterocycles. The second-order valence-electron chi connectivity index (χ2n) is 4.26. The quantitative estimate of drug-likeness (QED) is 0.760. The molecule has 0 saturated heterocycles. The van der Waals surface area contributed by atoms with Gasteiger partial charge < -0.3 is 9.42 Å². The molecule has 1 aromatic heterocycles. The van der Waals surface area contributed by atoms with E-state index in [-0.39, 0.29) is 11.8 Å². The van der Waals surface area contributed by atoms with Gasteiger partial charge in [0.2, 0.25) is 5.91 Å². The molecule has 0 atom stereocenters. The number of aryl methyl sites for hydroxylation is 1. The predicted molar refractivity (Wildman–Crippen MR) is 55.1 cm³/mol. The number of hydrogen-bond donors (Lipinski definition) is 0. The van der Waals surface area contributed by atoms with Crippen LogP contribution in [0, 0.1) is 12.8 Å². The fourth-order valence-corrected chi connectivity index (χ4v) is 1.77. The second-order valence-corrected chi connectivity index (χ2v) is 4.26. The van der Waals surface area contributed by atoms with Gasteiger partial charge in [-0.3, -0.25) is 4.79 Å². The Morgan fingerprint density at radius 2 is 2.40 bits per heavy atom. The molecule has 0 bridgehead atoms. The molecule has 1 aromatic rings. The Hall–Kier alpha value is -1.32. The van der Waals surface area contributed by atoms with Crippen molar-refractivity contribution in [3.63, 3.8) is 0 Å². The maximum atomic E-state index is 11.8. The lowest BCUT2D eigenvalue weighted by Gasteiger charge is -2.28. The third kappa shape index (κ3) is 2.19. The Kier molecular flexibility index (Phi) is 2.75. The molecule has 15 heavy (non-hydrogen) atoms. The maximum absolute atomic E-state index is 11.8. The van der Waals surface area contributed by atoms with Crippen molar-refractivity contribution < 1.29 is 9.32 Å². The van der Waals surface area contributed by atoms with Crippen molar-refractivity contribution in [2.45, 2.75) is 32.7 Å². The van der Waals surface area contributed by atoms with Crippen LogP contribution < -0.4 is 0 Å². The van der Waals surface area contributed by atoms with Gasteiger partial charge in [-0.1, -0.05) is 11.6 Å². The van der Waals surface area contributed by atoms with Gasteiger partial charge in [0.05, 0.1) is 12.2 Å². The molecular weight excluding hydrogens is 192 g/mol. The highest BCUT2D eigenvalue weighted by atomic mass is 16.5. The minimum absolute atomic E-state index is 0.232. The average Bonchev–Trinajstić information content (AvgIpc) is 2.48. The number of carbonyl (C=O) groups excluding carboxylic acids is 1. The molecule has 1 aliphatic rings. The minimum Gasteiger partial charge on any atom is -0.359 e. The predicted octanol–water partition coefficient (Wildman–Crippen LogP) is 1.74. The van der Waals surface area contributed by atoms with Crippen LogP contribution in [0.25, 0.3) is 0 Å². The lowest BCUT2D eigenvalue weighted by molar-refractivity contribution is -0.137. The third-order valence-electron chi connectivity index (χ3n) is 2.90. The van der Waals surface area contributed by atoms with Crippen molar-refractivity contribution in [1.29, 1.82) is 0 Å². The molecule has 4 nitrogen and oxygen atoms in total. The molecule has 1 fully saturated rings. The molecule has 0 N–H and O–H groups in total. The monoisotopic (exact) mass is 208 g/mol. The fraction of sp³-hybridized carbons (Fsp3) is 0.636. The Balaban J connectivity index is 1.91. The van der Waals surface area contributed by atoms with Gasteiger partial charge in [0, 0.05) is 19.0 Å². The number of rotatable bonds is 3. The van der Waals surface area contributed by atoms with Crippen LogP contribution in [0.1, 0.15) is 30.7 Å². The van der Waals surface area contributed by atoms with Crippen molar-refractivity contribution in [3.8, 4) is 0 Å². The van der Waals surface area contributed by atoms with Crippen molar-refractivity contribution in [2.75, 3.05) is 7.05 Å². The first-order valence-corrected chi connectivity index (χ1v) is 5.34. The average molecular weight is 208 g/mol. The molecule has 1 amide bonds. The van der Waals surface area contributed by atoms with Gasteiger partial charge in [-0.05, 0) is 19.8 Å². The lowest BCUT2D eigenvalue weighted by atomic mass is 9.84. The molecule has 0 unspecified atom stereocenters. The van der Waals surface area contributed by atoms with Crippen molar-refractivity contribution in [2.24, 2.45) is 5.92 Å². The Bertz CT molecular complexity index is 355. The largest absolute Gasteiger partial charge is 0.359 e. The highest BCUT2D eigenvalue weighted by Gasteiger charge is 2.28. The molecule has 0 aromatic carbocycles. The smallest absolute Gasteiger partial charge is 0.225 e. The molecule has 1 aliphatic carbocycles. The number of amides is 1. The van der Waals surface area contributed by atoms with Gasteiger partial charge in [-0.25, -0.2) is 0 Å². The van der Waals surface area contributed by atoms with Gasteiger partial charge in [-0.2, -0.15) is 0 Å². The van der Waals surface area contributed by atoms with E-state index >= 15 is 0 Å². The maximum Gasteiger partial charge on any atom is 0.225 e. The van der Waals surface area contributed by atoms with E-state index in [2.05, 4.69) is 5.16 Å². The molecule has 4 heteroatoms. The van der Waals surface area contributed by atoms with Crippen LogP contribution in [0.4, 0.5) is 0 Å². The molecule has 1 saturated carbocycles. The van der Waals surface area contributed by atoms with Crippen LogP contribution >= 0.6 is 0 Å². The van der Waals surface area contributed by atoms with Crippen LogP contribution in [-0.4, -0.2) is 23.0 Å². The molecular formula is C11H16N2O2. The van der Waals surface area contributed by atoms with Crippen LogP contribution in [0.3, 0.4) is 0 Å². The SMILES string of the molecule is Cc1cc(CN(C)C(=O)C2CCC2)on1. The van der Waals surface area contributed by atoms with E-state index in [9.17, 15) is 4.79 Å². The highest BCUT2D eigenvalue weighted by Crippen LogP contribution is 2.28. The van der Waals surface area contributed by atoms with E-state index in [4.69, 9.17) is 4.52 Å². The Morgan fingerprint density at radius 1 is 1.67 bits per heavy atom. The summed E-state index contributed by atoms with van der Waals surface area (Å²) in [6, 6.07) is 1.87. The van der Waals surface area contributed by atoms with Gasteiger partial charge in [0.1, 0.15) is 0 Å². The normalized spacial score (nSPS) is 16.1. The summed E-state index contributed by atoms with van der Waals surface area (Å²) in [6.45, 7) is 2.40. The second kappa shape index (κ2) is 4.04. The highest BCUT2D eigenvalue weighted by molar-refractivity contribution is 5.79. The molecule has 0 radical (unpaired) electrons. The van der Waals surface area contributed by atoms with Crippen molar-refractivity contribution in [1.82, 2.24) is 10.1 Å². The van der Waals surface area contributed by atoms with Gasteiger partial charge >= 0.3 is 0 Å². The first-order valence-electron chi connectivity index (χ1n) is 5.34. The molecule has 2 rings (SSSR count). The van der Waals surface area contributed by atoms with E-state index in [1.165, 1.54) is 6.42 Å². The Morgan fingerprint density at radius 3 is 2.87 bits per heavy atom. The number of nitrogens with zero attached hydrogens (tertiary/aromatic N) is 2. The van der Waals surface area contributed by atoms with E-state index in [0.717, 1.165) is 24.3 Å². The summed E-state index contributed by atoms with van der Waals surface area (Å²) in [5.41, 5.74) is 0.856. The molecule has 1 heterocycles. The van der Waals surface area contributed by atoms with Crippen LogP contribution in [0.15, 0.2) is 10.6 Å². The van der Waals surface area contributed by atoms with Crippen LogP contribution in [-0.2, 0) is 11.3 Å². The zero-order chi connectivity index (χ0) is 10.8. The van der Waals surface area contributed by atoms with E-state index in [1.807, 2.05) is 20.0 Å². The first kappa shape index (κ1) is 10.2. The summed E-state index contributed by atoms with van der Waals surface area (Å²) >= 11 is 0. The number of hydrogen-bond acceptors (Lipinski definition) is 3. The van der Waals surface area contributed by atoms with Gasteiger partial charge in [0.15, 0.2) is 5.76 Å². The summed E-state index contributed by atoms with van der Waals surface area (Å²) in [6.07, 6.45) is 3.27. The van der Waals surface area contributed by atoms with E-state index in [0.29, 0.717) is 6.54 Å². The zero-order valence-corrected chi connectivity index (χ0v) is 9.19. The standard InChI is InChI=1S/C11H16N2O2/c1-8-6-10(15-12-8)7-13(2)11(14)9-4-3-5-9/h6,9H,3-5,7H2,1-2H3. The number of carbonyl (C=O) groups is 1. The zero-order valence-electron chi connectivity index (χ0n) is 9.19. The fourth-order valence-electron chi connectivity index (χ4n) is 1.77. The molecule has 0 spiro atoms. The lowest BCUT2D eigenvalue weighted by Crippen LogP contribution is -2.35. The summed E-state index contributed by atoms with van der Waals surface area (Å²) in [4.78, 5) is 13.5. The Labute approximate surface area is 89.2 Å². The van der Waals surface area contributed by atoms with Gasteiger partial charge in [-0.15, -0.1) is 0 Å². The minimum atomic E-state index is 0.232. The van der Waals surface area contributed by atoms with E-state index in [1.54, 1.807) is 4.90 Å². The summed E-state index contributed by atoms with van der Waals surface area (Å²) in [5.74, 6) is 1.23. The summed E-state index contributed by atoms with van der Waals surface area (Å²) in [7, 11) is 1.82. The van der Waals surface area contributed by atoms with Crippen molar-refractivity contribution in [3.05, 3.63) is 17.5 Å².